The number of amides is 1. The van der Waals surface area contributed by atoms with E-state index >= 15 is 0 Å². The van der Waals surface area contributed by atoms with Crippen molar-refractivity contribution in [2.45, 2.75) is 56.9 Å². The Bertz CT molecular complexity index is 1270. The number of halogens is 1. The maximum atomic E-state index is 13.5. The molecule has 1 aliphatic carbocycles. The van der Waals surface area contributed by atoms with Crippen LogP contribution in [0.5, 0.6) is 5.88 Å². The molecule has 3 fully saturated rings. The predicted octanol–water partition coefficient (Wildman–Crippen LogP) is 4.51. The number of aromatic nitrogens is 3. The summed E-state index contributed by atoms with van der Waals surface area (Å²) >= 11 is 0. The van der Waals surface area contributed by atoms with Gasteiger partial charge in [-0.1, -0.05) is 5.16 Å². The number of nitrogens with zero attached hydrogens (tertiary/aromatic N) is 5. The van der Waals surface area contributed by atoms with Crippen LogP contribution in [0.25, 0.3) is 11.0 Å². The van der Waals surface area contributed by atoms with E-state index in [4.69, 9.17) is 14.0 Å². The van der Waals surface area contributed by atoms with Crippen LogP contribution in [0.15, 0.2) is 35.1 Å². The van der Waals surface area contributed by atoms with Gasteiger partial charge in [-0.05, 0) is 82.6 Å². The van der Waals surface area contributed by atoms with E-state index in [0.29, 0.717) is 30.6 Å². The highest BCUT2D eigenvalue weighted by molar-refractivity contribution is 5.79. The number of hydrogen-bond acceptors (Lipinski definition) is 9. The van der Waals surface area contributed by atoms with Crippen molar-refractivity contribution in [3.05, 3.63) is 42.1 Å². The molecule has 3 aromatic rings. The van der Waals surface area contributed by atoms with Crippen molar-refractivity contribution in [1.82, 2.24) is 25.3 Å². The zero-order valence-corrected chi connectivity index (χ0v) is 22.8. The van der Waals surface area contributed by atoms with Gasteiger partial charge in [0.1, 0.15) is 11.6 Å². The molecule has 40 heavy (non-hydrogen) atoms. The first-order valence-corrected chi connectivity index (χ1v) is 14.5. The number of hydrogen-bond donors (Lipinski definition) is 1. The zero-order chi connectivity index (χ0) is 27.3. The first-order chi connectivity index (χ1) is 19.6. The van der Waals surface area contributed by atoms with Crippen molar-refractivity contribution in [2.75, 3.05) is 50.8 Å². The standard InChI is InChI=1S/C29H37FN6O4/c30-22-3-6-24-25(17-22)40-34-28(24)21-8-11-35(12-9-21)10-7-20-1-4-23(5-2-20)33-29(37)39-27-19-31-26(18-32-27)36-13-15-38-16-14-36/h3,6,17-21,23H,1-2,4-5,7-16H2,(H,33,37). The van der Waals surface area contributed by atoms with E-state index in [2.05, 4.69) is 30.2 Å². The summed E-state index contributed by atoms with van der Waals surface area (Å²) in [5.74, 6) is 1.71. The highest BCUT2D eigenvalue weighted by Crippen LogP contribution is 2.33. The molecular weight excluding hydrogens is 515 g/mol. The second kappa shape index (κ2) is 12.5. The molecule has 1 aromatic carbocycles. The van der Waals surface area contributed by atoms with Crippen LogP contribution in [-0.4, -0.2) is 78.1 Å². The van der Waals surface area contributed by atoms with Gasteiger partial charge in [-0.25, -0.2) is 19.2 Å². The Hall–Kier alpha value is -3.31. The molecule has 2 saturated heterocycles. The van der Waals surface area contributed by atoms with E-state index in [9.17, 15) is 9.18 Å². The molecule has 6 rings (SSSR count). The lowest BCUT2D eigenvalue weighted by molar-refractivity contribution is 0.122. The van der Waals surface area contributed by atoms with Crippen molar-refractivity contribution in [3.63, 3.8) is 0 Å². The Kier molecular flexibility index (Phi) is 8.38. The maximum Gasteiger partial charge on any atom is 0.414 e. The topological polar surface area (TPSA) is 106 Å². The van der Waals surface area contributed by atoms with Crippen molar-refractivity contribution in [3.8, 4) is 5.88 Å². The largest absolute Gasteiger partial charge is 0.414 e. The number of piperidine rings is 1. The molecule has 2 aromatic heterocycles. The number of nitrogens with one attached hydrogen (secondary N) is 1. The summed E-state index contributed by atoms with van der Waals surface area (Å²) in [5.41, 5.74) is 1.50. The quantitative estimate of drug-likeness (QED) is 0.453. The van der Waals surface area contributed by atoms with E-state index in [-0.39, 0.29) is 17.7 Å². The summed E-state index contributed by atoms with van der Waals surface area (Å²) in [7, 11) is 0. The molecule has 0 bridgehead atoms. The fourth-order valence-corrected chi connectivity index (χ4v) is 6.22. The van der Waals surface area contributed by atoms with Gasteiger partial charge in [0.25, 0.3) is 0 Å². The van der Waals surface area contributed by atoms with E-state index in [1.54, 1.807) is 12.3 Å². The number of morpholine rings is 1. The van der Waals surface area contributed by atoms with Gasteiger partial charge >= 0.3 is 6.09 Å². The molecule has 0 unspecified atom stereocenters. The van der Waals surface area contributed by atoms with Crippen molar-refractivity contribution >= 4 is 22.9 Å². The molecule has 1 saturated carbocycles. The highest BCUT2D eigenvalue weighted by Gasteiger charge is 2.27. The van der Waals surface area contributed by atoms with E-state index in [0.717, 1.165) is 88.1 Å². The van der Waals surface area contributed by atoms with Crippen LogP contribution in [0, 0.1) is 11.7 Å². The Morgan fingerprint density at radius 2 is 1.82 bits per heavy atom. The molecule has 1 amide bonds. The summed E-state index contributed by atoms with van der Waals surface area (Å²) in [6.07, 6.45) is 10.1. The summed E-state index contributed by atoms with van der Waals surface area (Å²) in [6.45, 7) is 6.09. The number of fused-ring (bicyclic) bond motifs is 1. The molecule has 214 valence electrons. The first kappa shape index (κ1) is 26.9. The minimum Gasteiger partial charge on any atom is -0.390 e. The molecule has 0 spiro atoms. The van der Waals surface area contributed by atoms with Gasteiger partial charge in [-0.15, -0.1) is 0 Å². The van der Waals surface area contributed by atoms with Crippen molar-refractivity contribution in [2.24, 2.45) is 5.92 Å². The molecule has 1 N–H and O–H groups in total. The van der Waals surface area contributed by atoms with Crippen molar-refractivity contribution in [1.29, 1.82) is 0 Å². The third kappa shape index (κ3) is 6.52. The highest BCUT2D eigenvalue weighted by atomic mass is 19.1. The Balaban J connectivity index is 0.880. The van der Waals surface area contributed by atoms with Gasteiger partial charge in [0, 0.05) is 36.5 Å². The molecule has 11 heteroatoms. The van der Waals surface area contributed by atoms with Crippen molar-refractivity contribution < 1.29 is 23.2 Å². The van der Waals surface area contributed by atoms with Crippen LogP contribution in [0.2, 0.25) is 0 Å². The summed E-state index contributed by atoms with van der Waals surface area (Å²) in [4.78, 5) is 25.7. The normalized spacial score (nSPS) is 22.9. The Labute approximate surface area is 233 Å². The van der Waals surface area contributed by atoms with Gasteiger partial charge in [-0.3, -0.25) is 0 Å². The fourth-order valence-electron chi connectivity index (χ4n) is 6.22. The number of benzene rings is 1. The third-order valence-corrected chi connectivity index (χ3v) is 8.61. The first-order valence-electron chi connectivity index (χ1n) is 14.5. The van der Waals surface area contributed by atoms with E-state index in [1.165, 1.54) is 24.8 Å². The lowest BCUT2D eigenvalue weighted by Crippen LogP contribution is -2.40. The molecule has 0 radical (unpaired) electrons. The number of likely N-dealkylation sites (tertiary alicyclic amines) is 1. The molecule has 3 aliphatic rings. The molecule has 2 aliphatic heterocycles. The van der Waals surface area contributed by atoms with Crippen LogP contribution in [0.3, 0.4) is 0 Å². The molecule has 4 heterocycles. The van der Waals surface area contributed by atoms with Gasteiger partial charge < -0.3 is 29.1 Å². The number of carbonyl (C=O) groups excluding carboxylic acids is 1. The zero-order valence-electron chi connectivity index (χ0n) is 22.8. The van der Waals surface area contributed by atoms with Gasteiger partial charge in [0.2, 0.25) is 5.88 Å². The SMILES string of the molecule is O=C(NC1CCC(CCN2CCC(c3noc4cc(F)ccc34)CC2)CC1)Oc1cnc(N2CCOCC2)cn1. The summed E-state index contributed by atoms with van der Waals surface area (Å²) in [5, 5.41) is 8.20. The van der Waals surface area contributed by atoms with E-state index in [1.807, 2.05) is 0 Å². The lowest BCUT2D eigenvalue weighted by Gasteiger charge is -2.34. The molecule has 10 nitrogen and oxygen atoms in total. The molecule has 0 atom stereocenters. The number of rotatable bonds is 7. The second-order valence-corrected chi connectivity index (χ2v) is 11.2. The monoisotopic (exact) mass is 552 g/mol. The average molecular weight is 553 g/mol. The van der Waals surface area contributed by atoms with E-state index < -0.39 is 6.09 Å². The van der Waals surface area contributed by atoms with Gasteiger partial charge in [0.05, 0.1) is 31.3 Å². The number of ether oxygens (including phenoxy) is 2. The Morgan fingerprint density at radius 3 is 2.58 bits per heavy atom. The van der Waals surface area contributed by atoms with Crippen LogP contribution in [-0.2, 0) is 4.74 Å². The van der Waals surface area contributed by atoms with Crippen LogP contribution < -0.4 is 15.0 Å². The van der Waals surface area contributed by atoms with Crippen LogP contribution >= 0.6 is 0 Å². The minimum absolute atomic E-state index is 0.130. The number of carbonyl (C=O) groups is 1. The third-order valence-electron chi connectivity index (χ3n) is 8.61. The fraction of sp³-hybridized carbons (Fsp3) is 0.586. The second-order valence-electron chi connectivity index (χ2n) is 11.2. The van der Waals surface area contributed by atoms with Gasteiger partial charge in [-0.2, -0.15) is 0 Å². The number of anilines is 1. The lowest BCUT2D eigenvalue weighted by atomic mass is 9.84. The minimum atomic E-state index is -0.468. The van der Waals surface area contributed by atoms with Crippen LogP contribution in [0.1, 0.15) is 56.6 Å². The van der Waals surface area contributed by atoms with Crippen LogP contribution in [0.4, 0.5) is 15.0 Å². The average Bonchev–Trinajstić information content (AvgIpc) is 3.41. The van der Waals surface area contributed by atoms with Gasteiger partial charge in [0.15, 0.2) is 5.58 Å². The predicted molar refractivity (Wildman–Crippen MR) is 147 cm³/mol. The summed E-state index contributed by atoms with van der Waals surface area (Å²) in [6, 6.07) is 4.80. The Morgan fingerprint density at radius 1 is 1.02 bits per heavy atom. The smallest absolute Gasteiger partial charge is 0.390 e. The maximum absolute atomic E-state index is 13.5. The summed E-state index contributed by atoms with van der Waals surface area (Å²) < 4.78 is 29.6. The molecular formula is C29H37FN6O4.